The largest absolute Gasteiger partial charge is 0.451 e. The number of thiol groups is 1. The van der Waals surface area contributed by atoms with Crippen molar-refractivity contribution >= 4 is 10.7 Å². The third-order valence-electron chi connectivity index (χ3n) is 4.78. The van der Waals surface area contributed by atoms with Gasteiger partial charge in [0, 0.05) is 0 Å². The fourth-order valence-corrected chi connectivity index (χ4v) is 3.71. The van der Waals surface area contributed by atoms with Crippen LogP contribution in [0, 0.1) is 5.82 Å². The number of nitrogens with zero attached hydrogens (tertiary/aromatic N) is 2. The van der Waals surface area contributed by atoms with Crippen LogP contribution < -0.4 is 10.3 Å². The zero-order chi connectivity index (χ0) is 22.5. The molecule has 8 heteroatoms. The van der Waals surface area contributed by atoms with E-state index in [1.54, 1.807) is 24.3 Å². The highest BCUT2D eigenvalue weighted by atomic mass is 32.2. The molecule has 0 aliphatic heterocycles. The van der Waals surface area contributed by atoms with Crippen molar-refractivity contribution in [1.82, 2.24) is 9.78 Å². The van der Waals surface area contributed by atoms with Gasteiger partial charge < -0.3 is 4.74 Å². The molecule has 0 aliphatic rings. The van der Waals surface area contributed by atoms with E-state index < -0.39 is 22.1 Å². The lowest BCUT2D eigenvalue weighted by Gasteiger charge is -2.13. The molecular formula is C24H19FN2O4S. The highest BCUT2D eigenvalue weighted by Gasteiger charge is 2.16. The predicted molar refractivity (Wildman–Crippen MR) is 120 cm³/mol. The standard InChI is InChI=1S/C24H19FN2O4S/c25-20-10-12-21(13-11-20)31-23-22(19-8-6-18(7-9-19)16-32(29)30)14-26-27(24(23)28)15-17-4-2-1-3-5-17/h1-14,32H,15-16H2. The molecule has 0 atom stereocenters. The van der Waals surface area contributed by atoms with Gasteiger partial charge in [-0.25, -0.2) is 17.5 Å². The van der Waals surface area contributed by atoms with Crippen LogP contribution >= 0.6 is 0 Å². The van der Waals surface area contributed by atoms with Gasteiger partial charge in [-0.1, -0.05) is 54.6 Å². The highest BCUT2D eigenvalue weighted by molar-refractivity contribution is 7.71. The first-order chi connectivity index (χ1) is 15.5. The van der Waals surface area contributed by atoms with Crippen LogP contribution in [0.25, 0.3) is 11.1 Å². The summed E-state index contributed by atoms with van der Waals surface area (Å²) in [6.07, 6.45) is 1.53. The molecule has 0 saturated carbocycles. The van der Waals surface area contributed by atoms with Crippen molar-refractivity contribution in [2.75, 3.05) is 0 Å². The molecule has 0 unspecified atom stereocenters. The van der Waals surface area contributed by atoms with Gasteiger partial charge in [-0.2, -0.15) is 5.10 Å². The van der Waals surface area contributed by atoms with Crippen molar-refractivity contribution in [1.29, 1.82) is 0 Å². The van der Waals surface area contributed by atoms with Gasteiger partial charge in [-0.05, 0) is 41.0 Å². The molecule has 0 saturated heterocycles. The Morgan fingerprint density at radius 2 is 1.56 bits per heavy atom. The van der Waals surface area contributed by atoms with E-state index in [9.17, 15) is 17.6 Å². The van der Waals surface area contributed by atoms with Gasteiger partial charge in [0.15, 0.2) is 0 Å². The minimum Gasteiger partial charge on any atom is -0.451 e. The molecule has 4 aromatic rings. The van der Waals surface area contributed by atoms with E-state index in [0.29, 0.717) is 22.4 Å². The molecule has 0 fully saturated rings. The lowest BCUT2D eigenvalue weighted by atomic mass is 10.1. The van der Waals surface area contributed by atoms with Gasteiger partial charge in [0.25, 0.3) is 0 Å². The number of hydrogen-bond donors (Lipinski definition) is 1. The molecule has 0 N–H and O–H groups in total. The topological polar surface area (TPSA) is 78.3 Å². The summed E-state index contributed by atoms with van der Waals surface area (Å²) in [7, 11) is -2.54. The maximum absolute atomic E-state index is 13.3. The normalized spacial score (nSPS) is 10.9. The second kappa shape index (κ2) is 9.57. The van der Waals surface area contributed by atoms with E-state index in [1.807, 2.05) is 30.3 Å². The summed E-state index contributed by atoms with van der Waals surface area (Å²) in [4.78, 5) is 13.3. The van der Waals surface area contributed by atoms with Gasteiger partial charge in [-0.15, -0.1) is 0 Å². The minimum absolute atomic E-state index is 0.0465. The van der Waals surface area contributed by atoms with Gasteiger partial charge in [0.1, 0.15) is 22.3 Å². The first-order valence-corrected chi connectivity index (χ1v) is 11.1. The van der Waals surface area contributed by atoms with E-state index in [0.717, 1.165) is 5.56 Å². The quantitative estimate of drug-likeness (QED) is 0.431. The second-order valence-corrected chi connectivity index (χ2v) is 8.06. The van der Waals surface area contributed by atoms with Crippen LogP contribution in [0.3, 0.4) is 0 Å². The third kappa shape index (κ3) is 5.09. The maximum Gasteiger partial charge on any atom is 0.310 e. The van der Waals surface area contributed by atoms with Crippen molar-refractivity contribution in [3.63, 3.8) is 0 Å². The molecule has 6 nitrogen and oxygen atoms in total. The van der Waals surface area contributed by atoms with Crippen LogP contribution in [0.5, 0.6) is 11.5 Å². The van der Waals surface area contributed by atoms with Crippen LogP contribution in [0.4, 0.5) is 4.39 Å². The van der Waals surface area contributed by atoms with Gasteiger partial charge in [0.05, 0.1) is 24.1 Å². The molecule has 162 valence electrons. The Morgan fingerprint density at radius 3 is 2.22 bits per heavy atom. The smallest absolute Gasteiger partial charge is 0.310 e. The summed E-state index contributed by atoms with van der Waals surface area (Å²) in [6.45, 7) is 0.259. The van der Waals surface area contributed by atoms with Gasteiger partial charge in [-0.3, -0.25) is 4.79 Å². The van der Waals surface area contributed by atoms with E-state index >= 15 is 0 Å². The summed E-state index contributed by atoms with van der Waals surface area (Å²) in [5.41, 5.74) is 2.18. The van der Waals surface area contributed by atoms with Crippen molar-refractivity contribution in [3.05, 3.63) is 112 Å². The van der Waals surface area contributed by atoms with E-state index in [1.165, 1.54) is 35.1 Å². The Kier molecular flexibility index (Phi) is 6.42. The van der Waals surface area contributed by atoms with Crippen molar-refractivity contribution in [2.24, 2.45) is 0 Å². The molecule has 32 heavy (non-hydrogen) atoms. The summed E-state index contributed by atoms with van der Waals surface area (Å²) in [5.74, 6) is -0.126. The lowest BCUT2D eigenvalue weighted by Crippen LogP contribution is -2.24. The van der Waals surface area contributed by atoms with Crippen LogP contribution in [0.2, 0.25) is 0 Å². The minimum atomic E-state index is -2.54. The van der Waals surface area contributed by atoms with Crippen LogP contribution in [0.15, 0.2) is 89.9 Å². The molecule has 1 aromatic heterocycles. The van der Waals surface area contributed by atoms with E-state index in [4.69, 9.17) is 4.74 Å². The number of benzene rings is 3. The molecule has 0 spiro atoms. The Balaban J connectivity index is 1.76. The monoisotopic (exact) mass is 450 g/mol. The first-order valence-electron chi connectivity index (χ1n) is 9.78. The Labute approximate surface area is 185 Å². The number of ether oxygens (including phenoxy) is 1. The van der Waals surface area contributed by atoms with E-state index in [2.05, 4.69) is 5.10 Å². The average Bonchev–Trinajstić information content (AvgIpc) is 2.79. The highest BCUT2D eigenvalue weighted by Crippen LogP contribution is 2.30. The van der Waals surface area contributed by atoms with Gasteiger partial charge in [0.2, 0.25) is 5.75 Å². The van der Waals surface area contributed by atoms with Crippen LogP contribution in [0.1, 0.15) is 11.1 Å². The Bertz CT molecular complexity index is 1340. The summed E-state index contributed by atoms with van der Waals surface area (Å²) < 4.78 is 42.4. The summed E-state index contributed by atoms with van der Waals surface area (Å²) in [6, 6.07) is 21.6. The number of rotatable bonds is 7. The zero-order valence-corrected chi connectivity index (χ0v) is 17.7. The van der Waals surface area contributed by atoms with Crippen molar-refractivity contribution in [3.8, 4) is 22.6 Å². The number of halogens is 1. The number of hydrogen-bond acceptors (Lipinski definition) is 5. The SMILES string of the molecule is O=c1c(Oc2ccc(F)cc2)c(-c2ccc(C[SH](=O)=O)cc2)cnn1Cc1ccccc1. The number of aromatic nitrogens is 2. The average molecular weight is 450 g/mol. The predicted octanol–water partition coefficient (Wildman–Crippen LogP) is 4.00. The Hall–Kier alpha value is -3.78. The summed E-state index contributed by atoms with van der Waals surface area (Å²) in [5, 5.41) is 4.30. The first kappa shape index (κ1) is 21.5. The molecule has 0 radical (unpaired) electrons. The zero-order valence-electron chi connectivity index (χ0n) is 16.8. The fraction of sp³-hybridized carbons (Fsp3) is 0.0833. The van der Waals surface area contributed by atoms with Crippen molar-refractivity contribution in [2.45, 2.75) is 12.3 Å². The molecule has 0 amide bonds. The van der Waals surface area contributed by atoms with Crippen LogP contribution in [-0.2, 0) is 23.0 Å². The molecular weight excluding hydrogens is 431 g/mol. The van der Waals surface area contributed by atoms with Crippen LogP contribution in [-0.4, -0.2) is 18.2 Å². The molecule has 1 heterocycles. The second-order valence-electron chi connectivity index (χ2n) is 7.08. The molecule has 0 bridgehead atoms. The van der Waals surface area contributed by atoms with Gasteiger partial charge >= 0.3 is 5.56 Å². The lowest BCUT2D eigenvalue weighted by molar-refractivity contribution is 0.459. The van der Waals surface area contributed by atoms with E-state index in [-0.39, 0.29) is 18.0 Å². The Morgan fingerprint density at radius 1 is 0.875 bits per heavy atom. The summed E-state index contributed by atoms with van der Waals surface area (Å²) >= 11 is 0. The van der Waals surface area contributed by atoms with Crippen molar-refractivity contribution < 1.29 is 17.5 Å². The fourth-order valence-electron chi connectivity index (χ4n) is 3.20. The molecule has 4 rings (SSSR count). The molecule has 3 aromatic carbocycles. The third-order valence-corrected chi connectivity index (χ3v) is 5.41. The molecule has 0 aliphatic carbocycles. The maximum atomic E-state index is 13.3.